The minimum atomic E-state index is 0.137. The quantitative estimate of drug-likeness (QED) is 0.580. The minimum absolute atomic E-state index is 0.137. The van der Waals surface area contributed by atoms with Crippen LogP contribution in [0.5, 0.6) is 0 Å². The fourth-order valence-corrected chi connectivity index (χ4v) is 1.64. The van der Waals surface area contributed by atoms with Gasteiger partial charge in [0.25, 0.3) is 0 Å². The lowest BCUT2D eigenvalue weighted by molar-refractivity contribution is -0.00418. The Morgan fingerprint density at radius 1 is 1.67 bits per heavy atom. The Labute approximate surface area is 64.9 Å². The second-order valence-electron chi connectivity index (χ2n) is 3.19. The van der Waals surface area contributed by atoms with Crippen molar-refractivity contribution in [2.45, 2.75) is 38.4 Å². The molecule has 1 nitrogen and oxygen atoms in total. The minimum Gasteiger partial charge on any atom is -0.371 e. The van der Waals surface area contributed by atoms with Crippen molar-refractivity contribution in [2.24, 2.45) is 0 Å². The Morgan fingerprint density at radius 3 is 2.56 bits per heavy atom. The van der Waals surface area contributed by atoms with Gasteiger partial charge < -0.3 is 4.74 Å². The van der Waals surface area contributed by atoms with Gasteiger partial charge in [-0.25, -0.2) is 0 Å². The topological polar surface area (TPSA) is 9.23 Å². The van der Waals surface area contributed by atoms with E-state index in [0.717, 1.165) is 5.33 Å². The van der Waals surface area contributed by atoms with Crippen molar-refractivity contribution >= 4 is 15.9 Å². The number of ether oxygens (including phenoxy) is 1. The number of alkyl halides is 1. The molecule has 0 N–H and O–H groups in total. The molecule has 0 aromatic rings. The van der Waals surface area contributed by atoms with Crippen LogP contribution < -0.4 is 0 Å². The Hall–Kier alpha value is 0.440. The Kier molecular flexibility index (Phi) is 2.17. The molecule has 0 bridgehead atoms. The molecule has 1 atom stereocenters. The summed E-state index contributed by atoms with van der Waals surface area (Å²) >= 11 is 3.40. The SMILES string of the molecule is CC1(C)CCC(CBr)O1. The Balaban J connectivity index is 2.38. The number of hydrogen-bond donors (Lipinski definition) is 0. The highest BCUT2D eigenvalue weighted by Crippen LogP contribution is 2.29. The largest absolute Gasteiger partial charge is 0.371 e. The monoisotopic (exact) mass is 192 g/mol. The first-order chi connectivity index (χ1) is 4.14. The van der Waals surface area contributed by atoms with E-state index in [-0.39, 0.29) is 5.60 Å². The smallest absolute Gasteiger partial charge is 0.0680 e. The third-order valence-electron chi connectivity index (χ3n) is 1.73. The van der Waals surface area contributed by atoms with Crippen LogP contribution in [-0.4, -0.2) is 17.0 Å². The summed E-state index contributed by atoms with van der Waals surface area (Å²) in [5.41, 5.74) is 0.137. The number of hydrogen-bond acceptors (Lipinski definition) is 1. The maximum atomic E-state index is 5.65. The van der Waals surface area contributed by atoms with Gasteiger partial charge in [0.05, 0.1) is 11.7 Å². The molecule has 1 rings (SSSR count). The maximum Gasteiger partial charge on any atom is 0.0680 e. The second-order valence-corrected chi connectivity index (χ2v) is 3.84. The average Bonchev–Trinajstić information content (AvgIpc) is 2.10. The van der Waals surface area contributed by atoms with E-state index in [1.165, 1.54) is 12.8 Å². The zero-order chi connectivity index (χ0) is 6.91. The highest BCUT2D eigenvalue weighted by Gasteiger charge is 2.30. The lowest BCUT2D eigenvalue weighted by atomic mass is 10.1. The molecule has 0 radical (unpaired) electrons. The van der Waals surface area contributed by atoms with Crippen molar-refractivity contribution < 1.29 is 4.74 Å². The van der Waals surface area contributed by atoms with E-state index in [0.29, 0.717) is 6.10 Å². The van der Waals surface area contributed by atoms with Crippen molar-refractivity contribution in [2.75, 3.05) is 5.33 Å². The molecular weight excluding hydrogens is 180 g/mol. The zero-order valence-corrected chi connectivity index (χ0v) is 7.57. The average molecular weight is 193 g/mol. The van der Waals surface area contributed by atoms with Crippen LogP contribution in [0, 0.1) is 0 Å². The molecule has 0 aromatic carbocycles. The standard InChI is InChI=1S/C7H13BrO/c1-7(2)4-3-6(5-8)9-7/h6H,3-5H2,1-2H3. The molecule has 0 aliphatic carbocycles. The summed E-state index contributed by atoms with van der Waals surface area (Å²) in [6, 6.07) is 0. The summed E-state index contributed by atoms with van der Waals surface area (Å²) < 4.78 is 5.65. The molecule has 1 aliphatic heterocycles. The lowest BCUT2D eigenvalue weighted by Gasteiger charge is -2.17. The predicted molar refractivity (Wildman–Crippen MR) is 42.0 cm³/mol. The molecule has 1 heterocycles. The van der Waals surface area contributed by atoms with Crippen LogP contribution in [-0.2, 0) is 4.74 Å². The van der Waals surface area contributed by atoms with Crippen molar-refractivity contribution in [1.82, 2.24) is 0 Å². The van der Waals surface area contributed by atoms with E-state index < -0.39 is 0 Å². The van der Waals surface area contributed by atoms with Crippen molar-refractivity contribution in [3.63, 3.8) is 0 Å². The summed E-state index contributed by atoms with van der Waals surface area (Å²) in [5, 5.41) is 0.983. The van der Waals surface area contributed by atoms with Crippen LogP contribution in [0.3, 0.4) is 0 Å². The van der Waals surface area contributed by atoms with Gasteiger partial charge in [-0.15, -0.1) is 0 Å². The van der Waals surface area contributed by atoms with Crippen LogP contribution in [0.15, 0.2) is 0 Å². The summed E-state index contributed by atoms with van der Waals surface area (Å²) in [6.45, 7) is 4.30. The predicted octanol–water partition coefficient (Wildman–Crippen LogP) is 2.34. The molecule has 2 heteroatoms. The van der Waals surface area contributed by atoms with E-state index in [1.54, 1.807) is 0 Å². The van der Waals surface area contributed by atoms with Gasteiger partial charge in [0.15, 0.2) is 0 Å². The van der Waals surface area contributed by atoms with Crippen LogP contribution in [0.1, 0.15) is 26.7 Å². The second kappa shape index (κ2) is 2.59. The van der Waals surface area contributed by atoms with Crippen molar-refractivity contribution in [3.05, 3.63) is 0 Å². The molecule has 0 spiro atoms. The summed E-state index contributed by atoms with van der Waals surface area (Å²) in [4.78, 5) is 0. The van der Waals surface area contributed by atoms with Gasteiger partial charge in [-0.1, -0.05) is 15.9 Å². The summed E-state index contributed by atoms with van der Waals surface area (Å²) in [5.74, 6) is 0. The van der Waals surface area contributed by atoms with Gasteiger partial charge in [-0.2, -0.15) is 0 Å². The molecule has 1 unspecified atom stereocenters. The van der Waals surface area contributed by atoms with Crippen molar-refractivity contribution in [1.29, 1.82) is 0 Å². The van der Waals surface area contributed by atoms with E-state index in [1.807, 2.05) is 0 Å². The van der Waals surface area contributed by atoms with Gasteiger partial charge in [-0.05, 0) is 26.7 Å². The molecule has 1 aliphatic rings. The van der Waals surface area contributed by atoms with Crippen LogP contribution >= 0.6 is 15.9 Å². The first-order valence-corrected chi connectivity index (χ1v) is 4.50. The molecule has 0 saturated carbocycles. The van der Waals surface area contributed by atoms with Crippen LogP contribution in [0.25, 0.3) is 0 Å². The molecule has 0 aromatic heterocycles. The number of rotatable bonds is 1. The summed E-state index contributed by atoms with van der Waals surface area (Å²) in [7, 11) is 0. The van der Waals surface area contributed by atoms with E-state index in [2.05, 4.69) is 29.8 Å². The molecule has 54 valence electrons. The normalized spacial score (nSPS) is 33.0. The Morgan fingerprint density at radius 2 is 2.33 bits per heavy atom. The highest BCUT2D eigenvalue weighted by molar-refractivity contribution is 9.09. The first kappa shape index (κ1) is 7.55. The molecule has 1 saturated heterocycles. The molecule has 0 amide bonds. The lowest BCUT2D eigenvalue weighted by Crippen LogP contribution is -2.20. The van der Waals surface area contributed by atoms with Crippen LogP contribution in [0.2, 0.25) is 0 Å². The molecule has 9 heavy (non-hydrogen) atoms. The number of halogens is 1. The fraction of sp³-hybridized carbons (Fsp3) is 1.00. The maximum absolute atomic E-state index is 5.65. The zero-order valence-electron chi connectivity index (χ0n) is 5.98. The van der Waals surface area contributed by atoms with Gasteiger partial charge >= 0.3 is 0 Å². The molecule has 1 fully saturated rings. The van der Waals surface area contributed by atoms with Gasteiger partial charge in [-0.3, -0.25) is 0 Å². The first-order valence-electron chi connectivity index (χ1n) is 3.38. The van der Waals surface area contributed by atoms with E-state index in [4.69, 9.17) is 4.74 Å². The van der Waals surface area contributed by atoms with Gasteiger partial charge in [0, 0.05) is 5.33 Å². The molecular formula is C7H13BrO. The van der Waals surface area contributed by atoms with Crippen molar-refractivity contribution in [3.8, 4) is 0 Å². The van der Waals surface area contributed by atoms with E-state index >= 15 is 0 Å². The van der Waals surface area contributed by atoms with E-state index in [9.17, 15) is 0 Å². The van der Waals surface area contributed by atoms with Gasteiger partial charge in [0.1, 0.15) is 0 Å². The summed E-state index contributed by atoms with van der Waals surface area (Å²) in [6.07, 6.45) is 2.86. The Bertz CT molecular complexity index is 101. The fourth-order valence-electron chi connectivity index (χ4n) is 1.19. The van der Waals surface area contributed by atoms with Crippen LogP contribution in [0.4, 0.5) is 0 Å². The third kappa shape index (κ3) is 1.94. The van der Waals surface area contributed by atoms with Gasteiger partial charge in [0.2, 0.25) is 0 Å². The highest BCUT2D eigenvalue weighted by atomic mass is 79.9. The third-order valence-corrected chi connectivity index (χ3v) is 2.45.